The van der Waals surface area contributed by atoms with Gasteiger partial charge in [-0.15, -0.1) is 0 Å². The molecule has 0 atom stereocenters. The molecule has 0 saturated carbocycles. The third-order valence-corrected chi connectivity index (χ3v) is 3.17. The van der Waals surface area contributed by atoms with E-state index in [1.54, 1.807) is 13.4 Å². The number of imidazole rings is 1. The number of aromatic amines is 1. The van der Waals surface area contributed by atoms with Crippen molar-refractivity contribution in [3.8, 4) is 0 Å². The van der Waals surface area contributed by atoms with Gasteiger partial charge in [0.25, 0.3) is 0 Å². The number of nitrogens with zero attached hydrogens (tertiary/aromatic N) is 1. The minimum Gasteiger partial charge on any atom is -0.499 e. The summed E-state index contributed by atoms with van der Waals surface area (Å²) in [6.45, 7) is 0. The zero-order valence-corrected chi connectivity index (χ0v) is 9.73. The Kier molecular flexibility index (Phi) is 2.44. The lowest BCUT2D eigenvalue weighted by Gasteiger charge is -2.13. The molecular formula is C14H14N2O. The Morgan fingerprint density at radius 3 is 2.76 bits per heavy atom. The Hall–Kier alpha value is -2.03. The number of hydrogen-bond acceptors (Lipinski definition) is 2. The van der Waals surface area contributed by atoms with E-state index in [1.807, 2.05) is 6.07 Å². The van der Waals surface area contributed by atoms with E-state index in [-0.39, 0.29) is 0 Å². The molecule has 1 aliphatic carbocycles. The summed E-state index contributed by atoms with van der Waals surface area (Å²) < 4.78 is 5.39. The van der Waals surface area contributed by atoms with Gasteiger partial charge >= 0.3 is 0 Å². The monoisotopic (exact) mass is 226 g/mol. The summed E-state index contributed by atoms with van der Waals surface area (Å²) in [5.74, 6) is 0.997. The van der Waals surface area contributed by atoms with Crippen LogP contribution in [0.2, 0.25) is 0 Å². The smallest absolute Gasteiger partial charge is 0.122 e. The molecule has 3 heteroatoms. The normalized spacial score (nSPS) is 14.6. The van der Waals surface area contributed by atoms with Crippen LogP contribution in [0.3, 0.4) is 0 Å². The lowest BCUT2D eigenvalue weighted by atomic mass is 9.97. The van der Waals surface area contributed by atoms with Crippen molar-refractivity contribution in [2.45, 2.75) is 12.8 Å². The Morgan fingerprint density at radius 1 is 1.18 bits per heavy atom. The number of fused-ring (bicyclic) bond motifs is 1. The van der Waals surface area contributed by atoms with Crippen LogP contribution in [0.1, 0.15) is 18.4 Å². The lowest BCUT2D eigenvalue weighted by Crippen LogP contribution is -2.33. The third-order valence-electron chi connectivity index (χ3n) is 3.17. The lowest BCUT2D eigenvalue weighted by molar-refractivity contribution is 0.346. The molecule has 1 aliphatic rings. The molecule has 0 unspecified atom stereocenters. The number of hydrogen-bond donors (Lipinski definition) is 1. The average molecular weight is 226 g/mol. The minimum absolute atomic E-state index is 0.927. The summed E-state index contributed by atoms with van der Waals surface area (Å²) in [6.07, 6.45) is 3.64. The first kappa shape index (κ1) is 10.1. The van der Waals surface area contributed by atoms with Crippen LogP contribution < -0.4 is 10.7 Å². The molecule has 0 radical (unpaired) electrons. The molecule has 2 aromatic rings. The van der Waals surface area contributed by atoms with Crippen LogP contribution in [-0.4, -0.2) is 17.1 Å². The number of ether oxygens (including phenoxy) is 1. The fourth-order valence-corrected chi connectivity index (χ4v) is 2.34. The summed E-state index contributed by atoms with van der Waals surface area (Å²) >= 11 is 0. The number of methoxy groups -OCH3 is 1. The molecule has 0 spiro atoms. The molecule has 17 heavy (non-hydrogen) atoms. The molecule has 1 heterocycles. The van der Waals surface area contributed by atoms with Gasteiger partial charge in [0.15, 0.2) is 0 Å². The van der Waals surface area contributed by atoms with Crippen LogP contribution in [0.15, 0.2) is 36.7 Å². The maximum atomic E-state index is 5.39. The highest BCUT2D eigenvalue weighted by molar-refractivity contribution is 5.67. The SMILES string of the molecule is COC1=c2[nH]cnc2=C(c2ccccc2)CC1. The minimum atomic E-state index is 0.927. The Bertz CT molecular complexity index is 640. The highest BCUT2D eigenvalue weighted by Crippen LogP contribution is 2.21. The van der Waals surface area contributed by atoms with Crippen molar-refractivity contribution in [1.29, 1.82) is 0 Å². The van der Waals surface area contributed by atoms with Crippen LogP contribution in [0, 0.1) is 0 Å². The van der Waals surface area contributed by atoms with Crippen molar-refractivity contribution in [1.82, 2.24) is 9.97 Å². The van der Waals surface area contributed by atoms with Crippen molar-refractivity contribution >= 4 is 11.3 Å². The van der Waals surface area contributed by atoms with Crippen molar-refractivity contribution in [2.24, 2.45) is 0 Å². The van der Waals surface area contributed by atoms with E-state index in [2.05, 4.69) is 34.2 Å². The van der Waals surface area contributed by atoms with E-state index in [0.29, 0.717) is 0 Å². The fraction of sp³-hybridized carbons (Fsp3) is 0.214. The summed E-state index contributed by atoms with van der Waals surface area (Å²) in [5.41, 5.74) is 2.54. The van der Waals surface area contributed by atoms with E-state index in [4.69, 9.17) is 4.74 Å². The van der Waals surface area contributed by atoms with E-state index in [1.165, 1.54) is 11.1 Å². The Morgan fingerprint density at radius 2 is 2.00 bits per heavy atom. The van der Waals surface area contributed by atoms with Gasteiger partial charge in [0, 0.05) is 6.42 Å². The molecule has 0 saturated heterocycles. The Balaban J connectivity index is 2.31. The molecule has 0 aliphatic heterocycles. The van der Waals surface area contributed by atoms with Gasteiger partial charge in [0.1, 0.15) is 11.1 Å². The highest BCUT2D eigenvalue weighted by atomic mass is 16.5. The van der Waals surface area contributed by atoms with Crippen molar-refractivity contribution < 1.29 is 4.74 Å². The van der Waals surface area contributed by atoms with Crippen LogP contribution >= 0.6 is 0 Å². The summed E-state index contributed by atoms with van der Waals surface area (Å²) in [4.78, 5) is 7.58. The topological polar surface area (TPSA) is 37.9 Å². The first-order chi connectivity index (χ1) is 8.40. The van der Waals surface area contributed by atoms with Crippen LogP contribution in [0.25, 0.3) is 11.3 Å². The average Bonchev–Trinajstić information content (AvgIpc) is 2.88. The standard InChI is InChI=1S/C14H14N2O/c1-17-12-8-7-11(10-5-3-2-4-6-10)13-14(12)16-9-15-13/h2-6,9H,7-8H2,1H3,(H,15,16). The summed E-state index contributed by atoms with van der Waals surface area (Å²) in [7, 11) is 1.72. The second kappa shape index (κ2) is 4.09. The molecule has 0 amide bonds. The van der Waals surface area contributed by atoms with Gasteiger partial charge in [0.2, 0.25) is 0 Å². The van der Waals surface area contributed by atoms with Gasteiger partial charge in [-0.25, -0.2) is 4.98 Å². The third kappa shape index (κ3) is 1.64. The second-order valence-corrected chi connectivity index (χ2v) is 4.10. The Labute approximate surface area is 99.5 Å². The van der Waals surface area contributed by atoms with Crippen LogP contribution in [0.4, 0.5) is 0 Å². The van der Waals surface area contributed by atoms with Crippen LogP contribution in [0.5, 0.6) is 0 Å². The van der Waals surface area contributed by atoms with Crippen molar-refractivity contribution in [3.63, 3.8) is 0 Å². The molecular weight excluding hydrogens is 212 g/mol. The molecule has 0 bridgehead atoms. The largest absolute Gasteiger partial charge is 0.499 e. The molecule has 3 rings (SSSR count). The number of H-pyrrole nitrogens is 1. The van der Waals surface area contributed by atoms with Crippen molar-refractivity contribution in [3.05, 3.63) is 52.9 Å². The molecule has 0 fully saturated rings. The maximum Gasteiger partial charge on any atom is 0.122 e. The molecule has 3 nitrogen and oxygen atoms in total. The molecule has 86 valence electrons. The second-order valence-electron chi connectivity index (χ2n) is 4.10. The highest BCUT2D eigenvalue weighted by Gasteiger charge is 2.14. The van der Waals surface area contributed by atoms with E-state index in [9.17, 15) is 0 Å². The van der Waals surface area contributed by atoms with E-state index in [0.717, 1.165) is 29.3 Å². The zero-order valence-electron chi connectivity index (χ0n) is 9.73. The predicted molar refractivity (Wildman–Crippen MR) is 66.4 cm³/mol. The van der Waals surface area contributed by atoms with Crippen molar-refractivity contribution in [2.75, 3.05) is 7.11 Å². The number of rotatable bonds is 2. The van der Waals surface area contributed by atoms with E-state index >= 15 is 0 Å². The first-order valence-electron chi connectivity index (χ1n) is 5.75. The zero-order chi connectivity index (χ0) is 11.7. The van der Waals surface area contributed by atoms with E-state index < -0.39 is 0 Å². The predicted octanol–water partition coefficient (Wildman–Crippen LogP) is 1.16. The quantitative estimate of drug-likeness (QED) is 0.834. The summed E-state index contributed by atoms with van der Waals surface area (Å²) in [5, 5.41) is 2.05. The van der Waals surface area contributed by atoms with Gasteiger partial charge < -0.3 is 9.72 Å². The number of benzene rings is 1. The van der Waals surface area contributed by atoms with Gasteiger partial charge in [-0.3, -0.25) is 0 Å². The summed E-state index contributed by atoms with van der Waals surface area (Å²) in [6, 6.07) is 10.4. The molecule has 1 aromatic carbocycles. The maximum absolute atomic E-state index is 5.39. The number of nitrogens with one attached hydrogen (secondary N) is 1. The first-order valence-corrected chi connectivity index (χ1v) is 5.75. The van der Waals surface area contributed by atoms with Gasteiger partial charge in [-0.05, 0) is 17.6 Å². The number of aromatic nitrogens is 2. The molecule has 1 aromatic heterocycles. The van der Waals surface area contributed by atoms with Crippen LogP contribution in [-0.2, 0) is 4.74 Å². The van der Waals surface area contributed by atoms with Gasteiger partial charge in [0.05, 0.1) is 18.8 Å². The van der Waals surface area contributed by atoms with Gasteiger partial charge in [-0.2, -0.15) is 0 Å². The molecule has 1 N–H and O–H groups in total. The van der Waals surface area contributed by atoms with Gasteiger partial charge in [-0.1, -0.05) is 30.3 Å². The fourth-order valence-electron chi connectivity index (χ4n) is 2.34.